The second-order valence-electron chi connectivity index (χ2n) is 3.77. The molecular formula is C11H13ClINOS. The number of morpholine rings is 1. The summed E-state index contributed by atoms with van der Waals surface area (Å²) in [5.74, 6) is 0. The molecular weight excluding hydrogens is 357 g/mol. The minimum Gasteiger partial charge on any atom is -0.378 e. The number of rotatable bonds is 3. The van der Waals surface area contributed by atoms with E-state index in [0.717, 1.165) is 31.2 Å². The average Bonchev–Trinajstić information content (AvgIpc) is 2.33. The monoisotopic (exact) mass is 369 g/mol. The topological polar surface area (TPSA) is 12.5 Å². The summed E-state index contributed by atoms with van der Waals surface area (Å²) in [4.78, 5) is 0. The molecule has 0 aromatic heterocycles. The van der Waals surface area contributed by atoms with Crippen LogP contribution in [-0.2, 0) is 11.2 Å². The smallest absolute Gasteiger partial charge is 0.0635 e. The molecule has 1 heterocycles. The molecule has 1 saturated heterocycles. The van der Waals surface area contributed by atoms with E-state index in [1.165, 1.54) is 5.56 Å². The van der Waals surface area contributed by atoms with Crippen molar-refractivity contribution in [3.63, 3.8) is 0 Å². The highest BCUT2D eigenvalue weighted by Crippen LogP contribution is 2.26. The SMILES string of the molecule is Clc1ccc(C[C@H]2COCCN2SI)cc1. The highest BCUT2D eigenvalue weighted by molar-refractivity contribution is 14.2. The minimum atomic E-state index is 0.469. The van der Waals surface area contributed by atoms with Crippen molar-refractivity contribution in [2.75, 3.05) is 19.8 Å². The second kappa shape index (κ2) is 6.44. The van der Waals surface area contributed by atoms with Crippen molar-refractivity contribution < 1.29 is 4.74 Å². The normalized spacial score (nSPS) is 22.2. The van der Waals surface area contributed by atoms with Crippen LogP contribution in [-0.4, -0.2) is 30.1 Å². The zero-order chi connectivity index (χ0) is 11.4. The summed E-state index contributed by atoms with van der Waals surface area (Å²) in [5.41, 5.74) is 1.32. The van der Waals surface area contributed by atoms with Crippen molar-refractivity contribution in [3.05, 3.63) is 34.9 Å². The lowest BCUT2D eigenvalue weighted by atomic mass is 10.1. The van der Waals surface area contributed by atoms with Crippen molar-refractivity contribution in [2.45, 2.75) is 12.5 Å². The number of ether oxygens (including phenoxy) is 1. The molecule has 1 aromatic carbocycles. The molecule has 0 unspecified atom stereocenters. The Morgan fingerprint density at radius 1 is 1.44 bits per heavy atom. The molecule has 0 amide bonds. The van der Waals surface area contributed by atoms with Gasteiger partial charge in [-0.3, -0.25) is 0 Å². The van der Waals surface area contributed by atoms with E-state index in [9.17, 15) is 0 Å². The summed E-state index contributed by atoms with van der Waals surface area (Å²) in [6, 6.07) is 8.54. The van der Waals surface area contributed by atoms with Gasteiger partial charge in [0, 0.05) is 38.8 Å². The fraction of sp³-hybridized carbons (Fsp3) is 0.455. The van der Waals surface area contributed by atoms with E-state index >= 15 is 0 Å². The maximum atomic E-state index is 5.87. The van der Waals surface area contributed by atoms with E-state index < -0.39 is 0 Å². The molecule has 0 aliphatic carbocycles. The highest BCUT2D eigenvalue weighted by atomic mass is 127. The van der Waals surface area contributed by atoms with Crippen molar-refractivity contribution in [1.29, 1.82) is 0 Å². The van der Waals surface area contributed by atoms with Crippen LogP contribution in [0.1, 0.15) is 5.56 Å². The Balaban J connectivity index is 1.99. The molecule has 0 N–H and O–H groups in total. The molecule has 0 saturated carbocycles. The van der Waals surface area contributed by atoms with Crippen LogP contribution in [0.2, 0.25) is 5.02 Å². The van der Waals surface area contributed by atoms with Crippen molar-refractivity contribution >= 4 is 41.9 Å². The maximum absolute atomic E-state index is 5.87. The zero-order valence-corrected chi connectivity index (χ0v) is 12.5. The van der Waals surface area contributed by atoms with Gasteiger partial charge < -0.3 is 4.74 Å². The van der Waals surface area contributed by atoms with Crippen LogP contribution in [0.4, 0.5) is 0 Å². The first-order valence-electron chi connectivity index (χ1n) is 5.17. The Kier molecular flexibility index (Phi) is 5.22. The van der Waals surface area contributed by atoms with Gasteiger partial charge in [-0.15, -0.1) is 0 Å². The quantitative estimate of drug-likeness (QED) is 0.597. The molecule has 1 atom stereocenters. The summed E-state index contributed by atoms with van der Waals surface area (Å²) in [7, 11) is 1.77. The first-order valence-corrected chi connectivity index (χ1v) is 8.86. The molecule has 0 radical (unpaired) electrons. The third kappa shape index (κ3) is 3.50. The molecule has 1 aromatic rings. The fourth-order valence-corrected chi connectivity index (χ4v) is 3.86. The second-order valence-corrected chi connectivity index (χ2v) is 5.99. The number of nitrogens with zero attached hydrogens (tertiary/aromatic N) is 1. The molecule has 1 fully saturated rings. The van der Waals surface area contributed by atoms with Crippen molar-refractivity contribution in [3.8, 4) is 0 Å². The Morgan fingerprint density at radius 3 is 2.88 bits per heavy atom. The van der Waals surface area contributed by atoms with E-state index in [1.54, 1.807) is 9.12 Å². The molecule has 0 bridgehead atoms. The van der Waals surface area contributed by atoms with Gasteiger partial charge in [0.15, 0.2) is 0 Å². The Bertz CT molecular complexity index is 335. The molecule has 88 valence electrons. The van der Waals surface area contributed by atoms with E-state index in [4.69, 9.17) is 16.3 Å². The van der Waals surface area contributed by atoms with Crippen LogP contribution < -0.4 is 0 Å². The van der Waals surface area contributed by atoms with Crippen molar-refractivity contribution in [2.24, 2.45) is 0 Å². The minimum absolute atomic E-state index is 0.469. The van der Waals surface area contributed by atoms with Crippen LogP contribution in [0.5, 0.6) is 0 Å². The van der Waals surface area contributed by atoms with Crippen LogP contribution >= 0.6 is 41.9 Å². The molecule has 2 nitrogen and oxygen atoms in total. The van der Waals surface area contributed by atoms with Gasteiger partial charge in [-0.2, -0.15) is 0 Å². The van der Waals surface area contributed by atoms with E-state index in [0.29, 0.717) is 6.04 Å². The maximum Gasteiger partial charge on any atom is 0.0635 e. The van der Waals surface area contributed by atoms with Crippen molar-refractivity contribution in [1.82, 2.24) is 4.31 Å². The third-order valence-electron chi connectivity index (χ3n) is 2.65. The van der Waals surface area contributed by atoms with Gasteiger partial charge >= 0.3 is 0 Å². The van der Waals surface area contributed by atoms with Gasteiger partial charge in [-0.05, 0) is 33.2 Å². The zero-order valence-electron chi connectivity index (χ0n) is 8.73. The van der Waals surface area contributed by atoms with Crippen LogP contribution in [0.3, 0.4) is 0 Å². The predicted molar refractivity (Wildman–Crippen MR) is 78.1 cm³/mol. The van der Waals surface area contributed by atoms with Gasteiger partial charge in [0.25, 0.3) is 0 Å². The largest absolute Gasteiger partial charge is 0.378 e. The first kappa shape index (κ1) is 13.0. The molecule has 5 heteroatoms. The average molecular weight is 370 g/mol. The lowest BCUT2D eigenvalue weighted by Gasteiger charge is -2.32. The van der Waals surface area contributed by atoms with E-state index in [2.05, 4.69) is 37.6 Å². The molecule has 0 spiro atoms. The predicted octanol–water partition coefficient (Wildman–Crippen LogP) is 3.58. The van der Waals surface area contributed by atoms with Gasteiger partial charge in [-0.25, -0.2) is 4.31 Å². The highest BCUT2D eigenvalue weighted by Gasteiger charge is 2.23. The summed E-state index contributed by atoms with van der Waals surface area (Å²) in [6.45, 7) is 2.66. The summed E-state index contributed by atoms with van der Waals surface area (Å²) >= 11 is 8.21. The van der Waals surface area contributed by atoms with E-state index in [-0.39, 0.29) is 0 Å². The van der Waals surface area contributed by atoms with Gasteiger partial charge in [0.2, 0.25) is 0 Å². The number of hydrogen-bond acceptors (Lipinski definition) is 3. The lowest BCUT2D eigenvalue weighted by molar-refractivity contribution is 0.0384. The Hall–Kier alpha value is 0.510. The number of benzene rings is 1. The standard InChI is InChI=1S/C11H13ClINOS/c12-10-3-1-9(2-4-10)7-11-8-15-6-5-14(11)16-13/h1-4,11H,5-8H2/t11-/m0/s1. The van der Waals surface area contributed by atoms with Gasteiger partial charge in [0.1, 0.15) is 0 Å². The van der Waals surface area contributed by atoms with Gasteiger partial charge in [-0.1, -0.05) is 23.7 Å². The Labute approximate surface area is 117 Å². The molecule has 1 aliphatic rings. The summed E-state index contributed by atoms with van der Waals surface area (Å²) in [6.07, 6.45) is 1.02. The van der Waals surface area contributed by atoms with Gasteiger partial charge in [0.05, 0.1) is 13.2 Å². The molecule has 16 heavy (non-hydrogen) atoms. The number of halogens is 2. The fourth-order valence-electron chi connectivity index (χ4n) is 1.78. The van der Waals surface area contributed by atoms with Crippen LogP contribution in [0.15, 0.2) is 24.3 Å². The third-order valence-corrected chi connectivity index (χ3v) is 5.07. The Morgan fingerprint density at radius 2 is 2.19 bits per heavy atom. The first-order chi connectivity index (χ1) is 7.79. The number of hydrogen-bond donors (Lipinski definition) is 0. The summed E-state index contributed by atoms with van der Waals surface area (Å²) in [5, 5.41) is 0.795. The van der Waals surface area contributed by atoms with Crippen LogP contribution in [0, 0.1) is 0 Å². The van der Waals surface area contributed by atoms with E-state index in [1.807, 2.05) is 12.1 Å². The molecule has 2 rings (SSSR count). The molecule has 1 aliphatic heterocycles. The summed E-state index contributed by atoms with van der Waals surface area (Å²) < 4.78 is 7.91. The van der Waals surface area contributed by atoms with Crippen LogP contribution in [0.25, 0.3) is 0 Å². The lowest BCUT2D eigenvalue weighted by Crippen LogP contribution is -2.41.